The van der Waals surface area contributed by atoms with Crippen molar-refractivity contribution in [1.29, 1.82) is 0 Å². The first-order chi connectivity index (χ1) is 4.83. The SMILES string of the molecule is CCCC1CCN(F)CC1. The van der Waals surface area contributed by atoms with E-state index < -0.39 is 0 Å². The second-order valence-electron chi connectivity index (χ2n) is 3.14. The van der Waals surface area contributed by atoms with Gasteiger partial charge in [0.05, 0.1) is 0 Å². The van der Waals surface area contributed by atoms with Crippen LogP contribution in [0.5, 0.6) is 0 Å². The number of hydrogen-bond donors (Lipinski definition) is 0. The minimum Gasteiger partial charge on any atom is -0.146 e. The molecular formula is C8H16FN. The van der Waals surface area contributed by atoms with E-state index in [0.717, 1.165) is 23.9 Å². The second kappa shape index (κ2) is 3.91. The Morgan fingerprint density at radius 3 is 2.50 bits per heavy atom. The van der Waals surface area contributed by atoms with Crippen molar-refractivity contribution in [3.63, 3.8) is 0 Å². The molecule has 0 aromatic carbocycles. The number of nitrogens with zero attached hydrogens (tertiary/aromatic N) is 1. The summed E-state index contributed by atoms with van der Waals surface area (Å²) in [7, 11) is 0. The second-order valence-corrected chi connectivity index (χ2v) is 3.14. The molecule has 0 aliphatic carbocycles. The fraction of sp³-hybridized carbons (Fsp3) is 1.00. The number of rotatable bonds is 2. The molecule has 1 fully saturated rings. The third-order valence-electron chi connectivity index (χ3n) is 2.26. The summed E-state index contributed by atoms with van der Waals surface area (Å²) in [5.74, 6) is 0.803. The van der Waals surface area contributed by atoms with E-state index in [-0.39, 0.29) is 0 Å². The molecule has 0 radical (unpaired) electrons. The first-order valence-electron chi connectivity index (χ1n) is 4.23. The third-order valence-corrected chi connectivity index (χ3v) is 2.26. The van der Waals surface area contributed by atoms with Crippen LogP contribution in [0.25, 0.3) is 0 Å². The Kier molecular flexibility index (Phi) is 3.13. The molecule has 1 nitrogen and oxygen atoms in total. The maximum absolute atomic E-state index is 12.4. The molecule has 1 saturated heterocycles. The molecule has 1 heterocycles. The van der Waals surface area contributed by atoms with Gasteiger partial charge in [0.15, 0.2) is 0 Å². The van der Waals surface area contributed by atoms with Gasteiger partial charge in [-0.05, 0) is 18.8 Å². The van der Waals surface area contributed by atoms with E-state index >= 15 is 0 Å². The number of piperidine rings is 1. The van der Waals surface area contributed by atoms with Crippen molar-refractivity contribution in [3.05, 3.63) is 0 Å². The van der Waals surface area contributed by atoms with Crippen LogP contribution in [0.2, 0.25) is 0 Å². The predicted octanol–water partition coefficient (Wildman–Crippen LogP) is 2.38. The Morgan fingerprint density at radius 2 is 2.00 bits per heavy atom. The van der Waals surface area contributed by atoms with Crippen LogP contribution in [0.4, 0.5) is 4.48 Å². The highest BCUT2D eigenvalue weighted by atomic mass is 19.2. The minimum atomic E-state index is 0.657. The summed E-state index contributed by atoms with van der Waals surface area (Å²) in [5.41, 5.74) is 0. The average Bonchev–Trinajstić information content (AvgIpc) is 1.95. The van der Waals surface area contributed by atoms with E-state index in [1.165, 1.54) is 12.8 Å². The molecular weight excluding hydrogens is 129 g/mol. The van der Waals surface area contributed by atoms with Crippen molar-refractivity contribution >= 4 is 0 Å². The van der Waals surface area contributed by atoms with Gasteiger partial charge in [0.1, 0.15) is 0 Å². The summed E-state index contributed by atoms with van der Waals surface area (Å²) in [6.07, 6.45) is 4.65. The number of halogens is 1. The maximum atomic E-state index is 12.4. The normalized spacial score (nSPS) is 23.4. The molecule has 0 atom stereocenters. The van der Waals surface area contributed by atoms with Crippen molar-refractivity contribution in [2.45, 2.75) is 32.6 Å². The molecule has 0 spiro atoms. The molecule has 0 aromatic rings. The van der Waals surface area contributed by atoms with Gasteiger partial charge in [-0.25, -0.2) is 0 Å². The minimum absolute atomic E-state index is 0.657. The van der Waals surface area contributed by atoms with Crippen LogP contribution in [-0.4, -0.2) is 18.2 Å². The molecule has 60 valence electrons. The Labute approximate surface area is 62.1 Å². The van der Waals surface area contributed by atoms with E-state index in [2.05, 4.69) is 6.92 Å². The van der Waals surface area contributed by atoms with E-state index in [1.807, 2.05) is 0 Å². The van der Waals surface area contributed by atoms with Gasteiger partial charge in [-0.3, -0.25) is 0 Å². The van der Waals surface area contributed by atoms with E-state index in [1.54, 1.807) is 0 Å². The van der Waals surface area contributed by atoms with Crippen LogP contribution in [-0.2, 0) is 0 Å². The first kappa shape index (κ1) is 7.99. The largest absolute Gasteiger partial charge is 0.146 e. The van der Waals surface area contributed by atoms with Crippen LogP contribution in [0.15, 0.2) is 0 Å². The lowest BCUT2D eigenvalue weighted by Crippen LogP contribution is -2.26. The Balaban J connectivity index is 2.13. The van der Waals surface area contributed by atoms with Gasteiger partial charge in [-0.1, -0.05) is 19.8 Å². The van der Waals surface area contributed by atoms with Gasteiger partial charge in [-0.2, -0.15) is 0 Å². The highest BCUT2D eigenvalue weighted by Crippen LogP contribution is 2.21. The van der Waals surface area contributed by atoms with Crippen LogP contribution in [0, 0.1) is 5.92 Å². The molecule has 2 heteroatoms. The Hall–Kier alpha value is -0.110. The quantitative estimate of drug-likeness (QED) is 0.539. The van der Waals surface area contributed by atoms with Gasteiger partial charge in [0.25, 0.3) is 0 Å². The van der Waals surface area contributed by atoms with Crippen LogP contribution in [0.1, 0.15) is 32.6 Å². The zero-order chi connectivity index (χ0) is 7.40. The van der Waals surface area contributed by atoms with Crippen molar-refractivity contribution in [2.24, 2.45) is 5.92 Å². The lowest BCUT2D eigenvalue weighted by atomic mass is 9.93. The van der Waals surface area contributed by atoms with E-state index in [4.69, 9.17) is 0 Å². The fourth-order valence-electron chi connectivity index (χ4n) is 1.60. The van der Waals surface area contributed by atoms with Crippen LogP contribution in [0.3, 0.4) is 0 Å². The summed E-state index contributed by atoms with van der Waals surface area (Å²) < 4.78 is 12.4. The summed E-state index contributed by atoms with van der Waals surface area (Å²) in [6.45, 7) is 3.51. The zero-order valence-corrected chi connectivity index (χ0v) is 6.65. The molecule has 0 N–H and O–H groups in total. The number of hydrogen-bond acceptors (Lipinski definition) is 1. The topological polar surface area (TPSA) is 3.24 Å². The van der Waals surface area contributed by atoms with Crippen molar-refractivity contribution in [1.82, 2.24) is 5.12 Å². The average molecular weight is 145 g/mol. The summed E-state index contributed by atoms with van der Waals surface area (Å²) in [4.78, 5) is 0. The smallest absolute Gasteiger partial charge is 0.0293 e. The highest BCUT2D eigenvalue weighted by Gasteiger charge is 2.17. The molecule has 0 aromatic heterocycles. The molecule has 0 unspecified atom stereocenters. The molecule has 1 aliphatic heterocycles. The lowest BCUT2D eigenvalue weighted by molar-refractivity contribution is -0.00974. The monoisotopic (exact) mass is 145 g/mol. The standard InChI is InChI=1S/C8H16FN/c1-2-3-8-4-6-10(9)7-5-8/h8H,2-7H2,1H3. The van der Waals surface area contributed by atoms with Gasteiger partial charge >= 0.3 is 0 Å². The van der Waals surface area contributed by atoms with Gasteiger partial charge in [-0.15, -0.1) is 9.60 Å². The van der Waals surface area contributed by atoms with E-state index in [9.17, 15) is 4.48 Å². The molecule has 10 heavy (non-hydrogen) atoms. The Bertz CT molecular complexity index is 87.3. The molecule has 0 bridgehead atoms. The molecule has 1 rings (SSSR count). The maximum Gasteiger partial charge on any atom is 0.0293 e. The van der Waals surface area contributed by atoms with Crippen LogP contribution < -0.4 is 0 Å². The molecule has 0 amide bonds. The lowest BCUT2D eigenvalue weighted by Gasteiger charge is -2.25. The van der Waals surface area contributed by atoms with Gasteiger partial charge in [0, 0.05) is 13.1 Å². The summed E-state index contributed by atoms with van der Waals surface area (Å²) in [5, 5.41) is 0.937. The van der Waals surface area contributed by atoms with Crippen molar-refractivity contribution in [2.75, 3.05) is 13.1 Å². The predicted molar refractivity (Wildman–Crippen MR) is 40.3 cm³/mol. The van der Waals surface area contributed by atoms with Gasteiger partial charge < -0.3 is 0 Å². The molecule has 1 aliphatic rings. The highest BCUT2D eigenvalue weighted by molar-refractivity contribution is 4.66. The van der Waals surface area contributed by atoms with Crippen molar-refractivity contribution < 1.29 is 4.48 Å². The van der Waals surface area contributed by atoms with Crippen LogP contribution >= 0.6 is 0 Å². The Morgan fingerprint density at radius 1 is 1.40 bits per heavy atom. The zero-order valence-electron chi connectivity index (χ0n) is 6.65. The summed E-state index contributed by atoms with van der Waals surface area (Å²) in [6, 6.07) is 0. The fourth-order valence-corrected chi connectivity index (χ4v) is 1.60. The van der Waals surface area contributed by atoms with Crippen molar-refractivity contribution in [3.8, 4) is 0 Å². The van der Waals surface area contributed by atoms with Gasteiger partial charge in [0.2, 0.25) is 0 Å². The van der Waals surface area contributed by atoms with E-state index in [0.29, 0.717) is 13.1 Å². The third kappa shape index (κ3) is 2.25. The summed E-state index contributed by atoms with van der Waals surface area (Å²) >= 11 is 0. The molecule has 0 saturated carbocycles. The first-order valence-corrected chi connectivity index (χ1v) is 4.23.